The van der Waals surface area contributed by atoms with Gasteiger partial charge in [0.1, 0.15) is 5.75 Å². The summed E-state index contributed by atoms with van der Waals surface area (Å²) in [4.78, 5) is 19.5. The summed E-state index contributed by atoms with van der Waals surface area (Å²) in [5.74, 6) is 0.154. The second kappa shape index (κ2) is 9.88. The third-order valence-electron chi connectivity index (χ3n) is 5.09. The lowest BCUT2D eigenvalue weighted by atomic mass is 10.1. The van der Waals surface area contributed by atoms with Crippen molar-refractivity contribution in [3.05, 3.63) is 53.6 Å². The molecule has 1 aromatic heterocycles. The molecule has 7 nitrogen and oxygen atoms in total. The molecular formula is C22H26N4O3S. The largest absolute Gasteiger partial charge is 0.508 e. The Morgan fingerprint density at radius 3 is 2.73 bits per heavy atom. The van der Waals surface area contributed by atoms with Crippen LogP contribution in [-0.2, 0) is 11.2 Å². The number of aromatic hydroxyl groups is 1. The predicted octanol–water partition coefficient (Wildman–Crippen LogP) is 2.72. The number of phenolic OH excluding ortho intramolecular Hbond substituents is 1. The zero-order chi connectivity index (χ0) is 20.8. The highest BCUT2D eigenvalue weighted by molar-refractivity contribution is 7.22. The normalized spacial score (nSPS) is 14.7. The Morgan fingerprint density at radius 1 is 1.13 bits per heavy atom. The fraction of sp³-hybridized carbons (Fsp3) is 0.364. The van der Waals surface area contributed by atoms with E-state index in [1.165, 1.54) is 0 Å². The first-order chi connectivity index (χ1) is 14.7. The van der Waals surface area contributed by atoms with Gasteiger partial charge >= 0.3 is 0 Å². The number of morpholine rings is 1. The minimum absolute atomic E-state index is 0.0918. The Bertz CT molecular complexity index is 984. The average Bonchev–Trinajstić information content (AvgIpc) is 3.18. The SMILES string of the molecule is O=C(NCCc1ccc(O)cc1)c1ccc2nc(NCCN3CCOCC3)sc2c1. The Kier molecular flexibility index (Phi) is 6.78. The van der Waals surface area contributed by atoms with Gasteiger partial charge in [0, 0.05) is 38.3 Å². The van der Waals surface area contributed by atoms with E-state index in [4.69, 9.17) is 4.74 Å². The molecule has 158 valence electrons. The average molecular weight is 427 g/mol. The maximum Gasteiger partial charge on any atom is 0.251 e. The van der Waals surface area contributed by atoms with Crippen molar-refractivity contribution in [1.29, 1.82) is 0 Å². The second-order valence-electron chi connectivity index (χ2n) is 7.25. The van der Waals surface area contributed by atoms with Gasteiger partial charge in [-0.1, -0.05) is 23.5 Å². The van der Waals surface area contributed by atoms with E-state index >= 15 is 0 Å². The van der Waals surface area contributed by atoms with Gasteiger partial charge in [0.05, 0.1) is 23.4 Å². The van der Waals surface area contributed by atoms with Crippen LogP contribution in [-0.4, -0.2) is 66.8 Å². The van der Waals surface area contributed by atoms with Gasteiger partial charge < -0.3 is 20.5 Å². The number of nitrogens with one attached hydrogen (secondary N) is 2. The molecule has 2 aromatic carbocycles. The van der Waals surface area contributed by atoms with Crippen molar-refractivity contribution in [2.45, 2.75) is 6.42 Å². The topological polar surface area (TPSA) is 86.7 Å². The first kappa shape index (κ1) is 20.6. The van der Waals surface area contributed by atoms with Crippen LogP contribution in [0.4, 0.5) is 5.13 Å². The summed E-state index contributed by atoms with van der Waals surface area (Å²) >= 11 is 1.57. The molecule has 1 aliphatic rings. The van der Waals surface area contributed by atoms with Crippen molar-refractivity contribution in [2.24, 2.45) is 0 Å². The van der Waals surface area contributed by atoms with Crippen molar-refractivity contribution >= 4 is 32.6 Å². The van der Waals surface area contributed by atoms with Crippen LogP contribution < -0.4 is 10.6 Å². The van der Waals surface area contributed by atoms with E-state index in [2.05, 4.69) is 20.5 Å². The number of phenols is 1. The third-order valence-corrected chi connectivity index (χ3v) is 6.07. The Hall–Kier alpha value is -2.68. The zero-order valence-corrected chi connectivity index (χ0v) is 17.6. The lowest BCUT2D eigenvalue weighted by Gasteiger charge is -2.26. The van der Waals surface area contributed by atoms with Crippen LogP contribution >= 0.6 is 11.3 Å². The van der Waals surface area contributed by atoms with Gasteiger partial charge in [0.25, 0.3) is 5.91 Å². The van der Waals surface area contributed by atoms with Gasteiger partial charge in [-0.3, -0.25) is 9.69 Å². The molecule has 0 unspecified atom stereocenters. The smallest absolute Gasteiger partial charge is 0.251 e. The second-order valence-corrected chi connectivity index (χ2v) is 8.29. The molecule has 0 spiro atoms. The van der Waals surface area contributed by atoms with E-state index < -0.39 is 0 Å². The number of carbonyl (C=O) groups is 1. The molecule has 1 aliphatic heterocycles. The summed E-state index contributed by atoms with van der Waals surface area (Å²) in [6, 6.07) is 12.6. The predicted molar refractivity (Wildman–Crippen MR) is 120 cm³/mol. The van der Waals surface area contributed by atoms with Crippen molar-refractivity contribution in [3.8, 4) is 5.75 Å². The number of benzene rings is 2. The van der Waals surface area contributed by atoms with Gasteiger partial charge in [-0.05, 0) is 42.3 Å². The molecule has 30 heavy (non-hydrogen) atoms. The Balaban J connectivity index is 1.28. The monoisotopic (exact) mass is 426 g/mol. The van der Waals surface area contributed by atoms with E-state index in [9.17, 15) is 9.90 Å². The molecule has 1 fully saturated rings. The summed E-state index contributed by atoms with van der Waals surface area (Å²) in [5, 5.41) is 16.6. The van der Waals surface area contributed by atoms with Crippen molar-refractivity contribution in [3.63, 3.8) is 0 Å². The van der Waals surface area contributed by atoms with E-state index in [0.29, 0.717) is 18.5 Å². The molecule has 2 heterocycles. The van der Waals surface area contributed by atoms with Crippen LogP contribution in [0, 0.1) is 0 Å². The summed E-state index contributed by atoms with van der Waals surface area (Å²) in [6.45, 7) is 5.92. The molecule has 8 heteroatoms. The first-order valence-corrected chi connectivity index (χ1v) is 11.0. The molecule has 0 bridgehead atoms. The summed E-state index contributed by atoms with van der Waals surface area (Å²) < 4.78 is 6.37. The van der Waals surface area contributed by atoms with Crippen LogP contribution in [0.15, 0.2) is 42.5 Å². The number of hydrogen-bond donors (Lipinski definition) is 3. The van der Waals surface area contributed by atoms with Crippen LogP contribution in [0.3, 0.4) is 0 Å². The lowest BCUT2D eigenvalue weighted by molar-refractivity contribution is 0.0398. The Labute approximate surface area is 179 Å². The summed E-state index contributed by atoms with van der Waals surface area (Å²) in [6.07, 6.45) is 0.714. The van der Waals surface area contributed by atoms with Gasteiger partial charge in [0.15, 0.2) is 5.13 Å². The van der Waals surface area contributed by atoms with E-state index in [1.807, 2.05) is 30.3 Å². The summed E-state index contributed by atoms with van der Waals surface area (Å²) in [5.41, 5.74) is 2.60. The minimum atomic E-state index is -0.0918. The van der Waals surface area contributed by atoms with E-state index in [-0.39, 0.29) is 11.7 Å². The highest BCUT2D eigenvalue weighted by atomic mass is 32.1. The fourth-order valence-corrected chi connectivity index (χ4v) is 4.30. The number of anilines is 1. The minimum Gasteiger partial charge on any atom is -0.508 e. The number of ether oxygens (including phenoxy) is 1. The van der Waals surface area contributed by atoms with Crippen molar-refractivity contribution in [2.75, 3.05) is 51.3 Å². The van der Waals surface area contributed by atoms with Crippen LogP contribution in [0.1, 0.15) is 15.9 Å². The number of rotatable bonds is 8. The molecule has 0 atom stereocenters. The van der Waals surface area contributed by atoms with Gasteiger partial charge in [-0.2, -0.15) is 0 Å². The van der Waals surface area contributed by atoms with E-state index in [0.717, 1.165) is 60.3 Å². The number of fused-ring (bicyclic) bond motifs is 1. The van der Waals surface area contributed by atoms with Crippen LogP contribution in [0.2, 0.25) is 0 Å². The van der Waals surface area contributed by atoms with Crippen LogP contribution in [0.25, 0.3) is 10.2 Å². The maximum absolute atomic E-state index is 12.5. The molecule has 0 aliphatic carbocycles. The molecular weight excluding hydrogens is 400 g/mol. The van der Waals surface area contributed by atoms with E-state index in [1.54, 1.807) is 23.5 Å². The van der Waals surface area contributed by atoms with Gasteiger partial charge in [0.2, 0.25) is 0 Å². The molecule has 4 rings (SSSR count). The van der Waals surface area contributed by atoms with Crippen LogP contribution in [0.5, 0.6) is 5.75 Å². The quantitative estimate of drug-likeness (QED) is 0.514. The number of nitrogens with zero attached hydrogens (tertiary/aromatic N) is 2. The van der Waals surface area contributed by atoms with Gasteiger partial charge in [-0.25, -0.2) is 4.98 Å². The lowest BCUT2D eigenvalue weighted by Crippen LogP contribution is -2.38. The molecule has 0 radical (unpaired) electrons. The standard InChI is InChI=1S/C22H26N4O3S/c27-18-4-1-16(2-5-18)7-8-23-21(28)17-3-6-19-20(15-17)30-22(25-19)24-9-10-26-11-13-29-14-12-26/h1-6,15,27H,7-14H2,(H,23,28)(H,24,25). The molecule has 1 saturated heterocycles. The van der Waals surface area contributed by atoms with Crippen molar-refractivity contribution in [1.82, 2.24) is 15.2 Å². The number of amides is 1. The molecule has 1 amide bonds. The van der Waals surface area contributed by atoms with Gasteiger partial charge in [-0.15, -0.1) is 0 Å². The molecule has 3 aromatic rings. The fourth-order valence-electron chi connectivity index (χ4n) is 3.37. The summed E-state index contributed by atoms with van der Waals surface area (Å²) in [7, 11) is 0. The maximum atomic E-state index is 12.5. The zero-order valence-electron chi connectivity index (χ0n) is 16.8. The van der Waals surface area contributed by atoms with Crippen molar-refractivity contribution < 1.29 is 14.6 Å². The number of thiazole rings is 1. The third kappa shape index (κ3) is 5.47. The number of hydrogen-bond acceptors (Lipinski definition) is 7. The highest BCUT2D eigenvalue weighted by Gasteiger charge is 2.11. The highest BCUT2D eigenvalue weighted by Crippen LogP contribution is 2.26. The first-order valence-electron chi connectivity index (χ1n) is 10.2. The number of aromatic nitrogens is 1. The molecule has 0 saturated carbocycles. The number of carbonyl (C=O) groups excluding carboxylic acids is 1. The Morgan fingerprint density at radius 2 is 1.93 bits per heavy atom. The molecule has 3 N–H and O–H groups in total.